The molecule has 1 unspecified atom stereocenters. The first-order chi connectivity index (χ1) is 10.2. The quantitative estimate of drug-likeness (QED) is 0.931. The Morgan fingerprint density at radius 1 is 1.29 bits per heavy atom. The van der Waals surface area contributed by atoms with Gasteiger partial charge in [-0.2, -0.15) is 4.98 Å². The maximum Gasteiger partial charge on any atom is 0.229 e. The van der Waals surface area contributed by atoms with Crippen molar-refractivity contribution in [3.63, 3.8) is 0 Å². The molecule has 1 aliphatic heterocycles. The molecule has 5 heteroatoms. The van der Waals surface area contributed by atoms with Crippen molar-refractivity contribution in [2.75, 3.05) is 19.7 Å². The molecule has 1 saturated heterocycles. The summed E-state index contributed by atoms with van der Waals surface area (Å²) in [7, 11) is 0. The lowest BCUT2D eigenvalue weighted by atomic mass is 9.84. The standard InChI is InChI=1S/C16H21N3O2/c1-16(2,12-6-4-3-5-7-12)15-18-14(21-19-15)10-13-11-17-8-9-20-13/h3-7,13,17H,8-11H2,1-2H3. The minimum Gasteiger partial charge on any atom is -0.375 e. The molecule has 112 valence electrons. The van der Waals surface area contributed by atoms with Crippen LogP contribution in [0.15, 0.2) is 34.9 Å². The molecule has 0 aliphatic carbocycles. The first kappa shape index (κ1) is 14.2. The highest BCUT2D eigenvalue weighted by Crippen LogP contribution is 2.29. The Balaban J connectivity index is 1.74. The van der Waals surface area contributed by atoms with E-state index in [4.69, 9.17) is 9.26 Å². The van der Waals surface area contributed by atoms with E-state index in [1.165, 1.54) is 5.56 Å². The van der Waals surface area contributed by atoms with Crippen LogP contribution in [-0.2, 0) is 16.6 Å². The van der Waals surface area contributed by atoms with Crippen molar-refractivity contribution in [2.24, 2.45) is 0 Å². The van der Waals surface area contributed by atoms with Crippen LogP contribution in [0.4, 0.5) is 0 Å². The Hall–Kier alpha value is -1.72. The summed E-state index contributed by atoms with van der Waals surface area (Å²) in [5, 5.41) is 7.47. The Morgan fingerprint density at radius 3 is 2.81 bits per heavy atom. The maximum absolute atomic E-state index is 5.67. The molecule has 5 nitrogen and oxygen atoms in total. The van der Waals surface area contributed by atoms with Crippen molar-refractivity contribution < 1.29 is 9.26 Å². The first-order valence-electron chi connectivity index (χ1n) is 7.37. The van der Waals surface area contributed by atoms with Crippen LogP contribution in [-0.4, -0.2) is 35.9 Å². The van der Waals surface area contributed by atoms with Gasteiger partial charge in [0.25, 0.3) is 0 Å². The van der Waals surface area contributed by atoms with Crippen LogP contribution in [0.25, 0.3) is 0 Å². The minimum absolute atomic E-state index is 0.117. The van der Waals surface area contributed by atoms with E-state index in [2.05, 4.69) is 41.4 Å². The van der Waals surface area contributed by atoms with Gasteiger partial charge in [0.2, 0.25) is 5.89 Å². The predicted octanol–water partition coefficient (Wildman–Crippen LogP) is 1.93. The van der Waals surface area contributed by atoms with Crippen LogP contribution in [0, 0.1) is 0 Å². The van der Waals surface area contributed by atoms with E-state index in [0.717, 1.165) is 19.7 Å². The molecular formula is C16H21N3O2. The van der Waals surface area contributed by atoms with E-state index in [-0.39, 0.29) is 11.5 Å². The molecule has 1 atom stereocenters. The Bertz CT molecular complexity index is 574. The number of aromatic nitrogens is 2. The van der Waals surface area contributed by atoms with Crippen LogP contribution < -0.4 is 5.32 Å². The van der Waals surface area contributed by atoms with Gasteiger partial charge in [-0.05, 0) is 19.4 Å². The summed E-state index contributed by atoms with van der Waals surface area (Å²) < 4.78 is 11.1. The number of hydrogen-bond donors (Lipinski definition) is 1. The van der Waals surface area contributed by atoms with Crippen LogP contribution in [0.2, 0.25) is 0 Å². The zero-order valence-electron chi connectivity index (χ0n) is 12.5. The number of ether oxygens (including phenoxy) is 1. The van der Waals surface area contributed by atoms with E-state index >= 15 is 0 Å². The minimum atomic E-state index is -0.269. The molecule has 0 bridgehead atoms. The van der Waals surface area contributed by atoms with Gasteiger partial charge in [-0.15, -0.1) is 0 Å². The third-order valence-corrected chi connectivity index (χ3v) is 3.93. The van der Waals surface area contributed by atoms with Crippen molar-refractivity contribution in [3.05, 3.63) is 47.6 Å². The third kappa shape index (κ3) is 3.14. The smallest absolute Gasteiger partial charge is 0.229 e. The van der Waals surface area contributed by atoms with Crippen molar-refractivity contribution in [2.45, 2.75) is 31.8 Å². The molecule has 21 heavy (non-hydrogen) atoms. The summed E-state index contributed by atoms with van der Waals surface area (Å²) in [5.41, 5.74) is 0.905. The van der Waals surface area contributed by atoms with Crippen LogP contribution in [0.1, 0.15) is 31.1 Å². The summed E-state index contributed by atoms with van der Waals surface area (Å²) in [5.74, 6) is 1.36. The molecule has 1 fully saturated rings. The van der Waals surface area contributed by atoms with Gasteiger partial charge >= 0.3 is 0 Å². The van der Waals surface area contributed by atoms with Crippen LogP contribution >= 0.6 is 0 Å². The Kier molecular flexibility index (Phi) is 4.03. The normalized spacial score (nSPS) is 19.6. The Morgan fingerprint density at radius 2 is 2.10 bits per heavy atom. The van der Waals surface area contributed by atoms with Crippen LogP contribution in [0.3, 0.4) is 0 Å². The highest BCUT2D eigenvalue weighted by atomic mass is 16.5. The second kappa shape index (κ2) is 5.95. The molecule has 1 aromatic heterocycles. The molecule has 0 saturated carbocycles. The van der Waals surface area contributed by atoms with E-state index in [0.29, 0.717) is 18.1 Å². The monoisotopic (exact) mass is 287 g/mol. The fourth-order valence-corrected chi connectivity index (χ4v) is 2.52. The molecule has 2 heterocycles. The Labute approximate surface area is 124 Å². The molecule has 0 radical (unpaired) electrons. The summed E-state index contributed by atoms with van der Waals surface area (Å²) in [6.45, 7) is 6.69. The topological polar surface area (TPSA) is 60.2 Å². The van der Waals surface area contributed by atoms with Gasteiger partial charge in [-0.25, -0.2) is 0 Å². The maximum atomic E-state index is 5.67. The average molecular weight is 287 g/mol. The fraction of sp³-hybridized carbons (Fsp3) is 0.500. The van der Waals surface area contributed by atoms with Crippen molar-refractivity contribution >= 4 is 0 Å². The lowest BCUT2D eigenvalue weighted by molar-refractivity contribution is 0.0246. The van der Waals surface area contributed by atoms with Gasteiger partial charge < -0.3 is 14.6 Å². The van der Waals surface area contributed by atoms with Crippen molar-refractivity contribution in [3.8, 4) is 0 Å². The van der Waals surface area contributed by atoms with E-state index in [1.54, 1.807) is 0 Å². The molecule has 0 spiro atoms. The number of nitrogens with one attached hydrogen (secondary N) is 1. The molecule has 1 aromatic carbocycles. The first-order valence-corrected chi connectivity index (χ1v) is 7.37. The summed E-state index contributed by atoms with van der Waals surface area (Å²) in [4.78, 5) is 4.57. The zero-order chi connectivity index (χ0) is 14.7. The lowest BCUT2D eigenvalue weighted by Gasteiger charge is -2.22. The van der Waals surface area contributed by atoms with Gasteiger partial charge in [-0.3, -0.25) is 0 Å². The van der Waals surface area contributed by atoms with Gasteiger partial charge in [0.15, 0.2) is 5.82 Å². The fourth-order valence-electron chi connectivity index (χ4n) is 2.52. The van der Waals surface area contributed by atoms with E-state index in [1.807, 2.05) is 18.2 Å². The number of morpholine rings is 1. The molecular weight excluding hydrogens is 266 g/mol. The van der Waals surface area contributed by atoms with Crippen molar-refractivity contribution in [1.29, 1.82) is 0 Å². The summed E-state index contributed by atoms with van der Waals surface area (Å²) >= 11 is 0. The second-order valence-corrected chi connectivity index (χ2v) is 5.90. The van der Waals surface area contributed by atoms with Gasteiger partial charge in [-0.1, -0.05) is 35.5 Å². The molecule has 2 aromatic rings. The van der Waals surface area contributed by atoms with Gasteiger partial charge in [0.1, 0.15) is 0 Å². The summed E-state index contributed by atoms with van der Waals surface area (Å²) in [6.07, 6.45) is 0.775. The van der Waals surface area contributed by atoms with E-state index in [9.17, 15) is 0 Å². The van der Waals surface area contributed by atoms with Gasteiger partial charge in [0, 0.05) is 13.1 Å². The highest BCUT2D eigenvalue weighted by molar-refractivity contribution is 5.30. The zero-order valence-corrected chi connectivity index (χ0v) is 12.5. The average Bonchev–Trinajstić information content (AvgIpc) is 2.98. The second-order valence-electron chi connectivity index (χ2n) is 5.90. The van der Waals surface area contributed by atoms with Crippen molar-refractivity contribution in [1.82, 2.24) is 15.5 Å². The highest BCUT2D eigenvalue weighted by Gasteiger charge is 2.29. The number of hydrogen-bond acceptors (Lipinski definition) is 5. The van der Waals surface area contributed by atoms with E-state index < -0.39 is 0 Å². The molecule has 0 amide bonds. The lowest BCUT2D eigenvalue weighted by Crippen LogP contribution is -2.39. The number of nitrogens with zero attached hydrogens (tertiary/aromatic N) is 2. The number of benzene rings is 1. The summed E-state index contributed by atoms with van der Waals surface area (Å²) in [6, 6.07) is 10.2. The van der Waals surface area contributed by atoms with Gasteiger partial charge in [0.05, 0.1) is 24.5 Å². The predicted molar refractivity (Wildman–Crippen MR) is 79.2 cm³/mol. The largest absolute Gasteiger partial charge is 0.375 e. The molecule has 1 aliphatic rings. The number of rotatable bonds is 4. The molecule has 1 N–H and O–H groups in total. The SMILES string of the molecule is CC(C)(c1ccccc1)c1noc(CC2CNCCO2)n1. The third-order valence-electron chi connectivity index (χ3n) is 3.93. The van der Waals surface area contributed by atoms with Crippen LogP contribution in [0.5, 0.6) is 0 Å². The molecule has 3 rings (SSSR count).